The molecule has 2 unspecified atom stereocenters. The molecule has 5 rings (SSSR count). The summed E-state index contributed by atoms with van der Waals surface area (Å²) in [5.41, 5.74) is 1.18. The Morgan fingerprint density at radius 2 is 1.72 bits per heavy atom. The Balaban J connectivity index is 1.42. The number of amides is 2. The monoisotopic (exact) mass is 713 g/mol. The first-order valence-corrected chi connectivity index (χ1v) is 18.1. The molecule has 2 aliphatic rings. The van der Waals surface area contributed by atoms with Gasteiger partial charge in [0.05, 0.1) is 16.6 Å². The van der Waals surface area contributed by atoms with Crippen LogP contribution >= 0.6 is 0 Å². The molecular weight excluding hydrogens is 671 g/mol. The number of carbonyl (C=O) groups is 2. The van der Waals surface area contributed by atoms with Crippen LogP contribution in [0.4, 0.5) is 29.3 Å². The molecule has 2 atom stereocenters. The van der Waals surface area contributed by atoms with Crippen LogP contribution in [-0.2, 0) is 25.9 Å². The molecule has 3 aromatic rings. The summed E-state index contributed by atoms with van der Waals surface area (Å²) in [7, 11) is -3.57. The second kappa shape index (κ2) is 14.1. The van der Waals surface area contributed by atoms with Gasteiger partial charge in [0.2, 0.25) is 0 Å². The highest BCUT2D eigenvalue weighted by atomic mass is 32.2. The topological polar surface area (TPSA) is 129 Å². The van der Waals surface area contributed by atoms with Gasteiger partial charge in [-0.2, -0.15) is 13.2 Å². The zero-order chi connectivity index (χ0) is 36.5. The maximum atomic E-state index is 14.3. The van der Waals surface area contributed by atoms with E-state index in [-0.39, 0.29) is 22.8 Å². The van der Waals surface area contributed by atoms with Crippen molar-refractivity contribution in [3.05, 3.63) is 101 Å². The molecular formula is C36H42F3N5O5S. The maximum absolute atomic E-state index is 14.3. The number of rotatable bonds is 11. The van der Waals surface area contributed by atoms with Gasteiger partial charge < -0.3 is 20.7 Å². The van der Waals surface area contributed by atoms with Crippen molar-refractivity contribution in [2.45, 2.75) is 75.3 Å². The number of hydrazine groups is 1. The Labute approximate surface area is 290 Å². The first-order chi connectivity index (χ1) is 23.3. The molecule has 1 aliphatic heterocycles. The third-order valence-corrected chi connectivity index (χ3v) is 9.42. The molecule has 1 fully saturated rings. The average molecular weight is 714 g/mol. The molecule has 1 aliphatic carbocycles. The van der Waals surface area contributed by atoms with Gasteiger partial charge in [-0.05, 0) is 106 Å². The summed E-state index contributed by atoms with van der Waals surface area (Å²) in [6.07, 6.45) is -1.28. The van der Waals surface area contributed by atoms with E-state index in [4.69, 9.17) is 4.74 Å². The smallest absolute Gasteiger partial charge is 0.411 e. The highest BCUT2D eigenvalue weighted by Crippen LogP contribution is 2.39. The van der Waals surface area contributed by atoms with E-state index >= 15 is 0 Å². The molecule has 0 spiro atoms. The number of nitrogens with zero attached hydrogens (tertiary/aromatic N) is 1. The molecule has 0 radical (unpaired) electrons. The average Bonchev–Trinajstić information content (AvgIpc) is 3.77. The summed E-state index contributed by atoms with van der Waals surface area (Å²) in [5, 5.41) is 9.93. The van der Waals surface area contributed by atoms with E-state index in [0.717, 1.165) is 37.1 Å². The van der Waals surface area contributed by atoms with Gasteiger partial charge >= 0.3 is 12.3 Å². The predicted molar refractivity (Wildman–Crippen MR) is 185 cm³/mol. The third-order valence-electron chi connectivity index (χ3n) is 8.25. The van der Waals surface area contributed by atoms with Gasteiger partial charge in [-0.25, -0.2) is 18.6 Å². The molecule has 1 saturated carbocycles. The summed E-state index contributed by atoms with van der Waals surface area (Å²) in [6, 6.07) is 19.4. The van der Waals surface area contributed by atoms with Crippen molar-refractivity contribution < 1.29 is 35.9 Å². The standard InChI is InChI=1S/C36H42F3N5O5S/c1-34(2,3)49-33(46)41-22-24-10-8-13-27(18-24)44-29(20-35(4,43-44)36(37,38)39)32(45)42-26-12-9-11-25(19-26)31(40-21-23-16-17-23)28-14-6-7-15-30(28)50(5,47)48/h6-15,18-20,23,31,40,43H,16-17,21-22H2,1-5H3,(H,41,46)(H,42,45). The van der Waals surface area contributed by atoms with Gasteiger partial charge in [0.25, 0.3) is 5.91 Å². The van der Waals surface area contributed by atoms with Crippen molar-refractivity contribution in [3.8, 4) is 0 Å². The second-order valence-electron chi connectivity index (χ2n) is 13.9. The molecule has 14 heteroatoms. The van der Waals surface area contributed by atoms with E-state index in [1.165, 1.54) is 0 Å². The van der Waals surface area contributed by atoms with Gasteiger partial charge in [-0.15, -0.1) is 0 Å². The van der Waals surface area contributed by atoms with Gasteiger partial charge in [0, 0.05) is 18.5 Å². The Morgan fingerprint density at radius 1 is 1.02 bits per heavy atom. The molecule has 4 N–H and O–H groups in total. The summed E-state index contributed by atoms with van der Waals surface area (Å²) < 4.78 is 73.6. The first-order valence-electron chi connectivity index (χ1n) is 16.2. The van der Waals surface area contributed by atoms with Gasteiger partial charge in [-0.3, -0.25) is 9.80 Å². The lowest BCUT2D eigenvalue weighted by molar-refractivity contribution is -0.174. The number of ether oxygens (including phenoxy) is 1. The second-order valence-corrected chi connectivity index (χ2v) is 15.9. The lowest BCUT2D eigenvalue weighted by Gasteiger charge is -2.30. The number of carbonyl (C=O) groups excluding carboxylic acids is 2. The fourth-order valence-electron chi connectivity index (χ4n) is 5.53. The van der Waals surface area contributed by atoms with E-state index in [0.29, 0.717) is 34.8 Å². The molecule has 10 nitrogen and oxygen atoms in total. The van der Waals surface area contributed by atoms with Crippen molar-refractivity contribution >= 4 is 33.2 Å². The third kappa shape index (κ3) is 9.03. The van der Waals surface area contributed by atoms with Crippen molar-refractivity contribution in [1.29, 1.82) is 0 Å². The minimum Gasteiger partial charge on any atom is -0.444 e. The highest BCUT2D eigenvalue weighted by molar-refractivity contribution is 7.90. The van der Waals surface area contributed by atoms with Crippen molar-refractivity contribution in [2.24, 2.45) is 5.92 Å². The summed E-state index contributed by atoms with van der Waals surface area (Å²) in [4.78, 5) is 26.2. The lowest BCUT2D eigenvalue weighted by Crippen LogP contribution is -2.55. The number of alkyl carbamates (subject to hydrolysis) is 1. The Kier molecular flexibility index (Phi) is 10.4. The highest BCUT2D eigenvalue weighted by Gasteiger charge is 2.55. The maximum Gasteiger partial charge on any atom is 0.411 e. The first kappa shape index (κ1) is 36.9. The molecule has 3 aromatic carbocycles. The molecule has 268 valence electrons. The van der Waals surface area contributed by atoms with E-state index in [1.54, 1.807) is 93.6 Å². The number of benzene rings is 3. The zero-order valence-electron chi connectivity index (χ0n) is 28.5. The number of anilines is 2. The number of sulfone groups is 1. The van der Waals surface area contributed by atoms with E-state index in [9.17, 15) is 31.2 Å². The number of hydrogen-bond acceptors (Lipinski definition) is 8. The minimum absolute atomic E-state index is 0.0313. The molecule has 50 heavy (non-hydrogen) atoms. The van der Waals surface area contributed by atoms with Crippen molar-refractivity contribution in [3.63, 3.8) is 0 Å². The van der Waals surface area contributed by atoms with Crippen LogP contribution in [0.25, 0.3) is 0 Å². The summed E-state index contributed by atoms with van der Waals surface area (Å²) in [5.74, 6) is -0.327. The Hall–Kier alpha value is -4.40. The van der Waals surface area contributed by atoms with E-state index < -0.39 is 45.2 Å². The fraction of sp³-hybridized carbons (Fsp3) is 0.389. The fourth-order valence-corrected chi connectivity index (χ4v) is 6.47. The SMILES string of the molecule is CC(C)(C)OC(=O)NCc1cccc(N2NC(C)(C(F)(F)F)C=C2C(=O)Nc2cccc(C(NCC3CC3)c3ccccc3S(C)(=O)=O)c2)c1. The Bertz CT molecular complexity index is 1890. The number of alkyl halides is 3. The number of nitrogens with one attached hydrogen (secondary N) is 4. The van der Waals surface area contributed by atoms with Crippen LogP contribution < -0.4 is 26.4 Å². The summed E-state index contributed by atoms with van der Waals surface area (Å²) >= 11 is 0. The normalized spacial score (nSPS) is 18.7. The van der Waals surface area contributed by atoms with Crippen LogP contribution in [0.2, 0.25) is 0 Å². The van der Waals surface area contributed by atoms with Gasteiger partial charge in [0.15, 0.2) is 15.4 Å². The van der Waals surface area contributed by atoms with E-state index in [1.807, 2.05) is 0 Å². The molecule has 0 aromatic heterocycles. The quantitative estimate of drug-likeness (QED) is 0.181. The lowest BCUT2D eigenvalue weighted by atomic mass is 9.97. The minimum atomic E-state index is -4.75. The molecule has 1 heterocycles. The molecule has 0 bridgehead atoms. The molecule has 2 amide bonds. The Morgan fingerprint density at radius 3 is 2.38 bits per heavy atom. The van der Waals surface area contributed by atoms with Gasteiger partial charge in [0.1, 0.15) is 11.3 Å². The van der Waals surface area contributed by atoms with Crippen LogP contribution in [0.1, 0.15) is 63.3 Å². The van der Waals surface area contributed by atoms with Crippen molar-refractivity contribution in [1.82, 2.24) is 16.1 Å². The number of halogens is 3. The van der Waals surface area contributed by atoms with Crippen LogP contribution in [0, 0.1) is 5.92 Å². The number of hydrogen-bond donors (Lipinski definition) is 4. The zero-order valence-corrected chi connectivity index (χ0v) is 29.3. The van der Waals surface area contributed by atoms with Crippen LogP contribution in [0.5, 0.6) is 0 Å². The van der Waals surface area contributed by atoms with Crippen molar-refractivity contribution in [2.75, 3.05) is 23.1 Å². The van der Waals surface area contributed by atoms with Crippen LogP contribution in [-0.4, -0.2) is 50.5 Å². The summed E-state index contributed by atoms with van der Waals surface area (Å²) in [6.45, 7) is 6.80. The van der Waals surface area contributed by atoms with Crippen LogP contribution in [0.3, 0.4) is 0 Å². The van der Waals surface area contributed by atoms with Crippen LogP contribution in [0.15, 0.2) is 89.5 Å². The molecule has 0 saturated heterocycles. The van der Waals surface area contributed by atoms with Gasteiger partial charge in [-0.1, -0.05) is 42.5 Å². The largest absolute Gasteiger partial charge is 0.444 e. The van der Waals surface area contributed by atoms with E-state index in [2.05, 4.69) is 21.4 Å². The predicted octanol–water partition coefficient (Wildman–Crippen LogP) is 6.37.